The first-order valence-corrected chi connectivity index (χ1v) is 9.35. The molecule has 0 aromatic carbocycles. The lowest BCUT2D eigenvalue weighted by Gasteiger charge is -2.36. The van der Waals surface area contributed by atoms with Gasteiger partial charge in [-0.15, -0.1) is 0 Å². The molecule has 3 heteroatoms. The highest BCUT2D eigenvalue weighted by Gasteiger charge is 2.34. The van der Waals surface area contributed by atoms with Crippen LogP contribution in [0.3, 0.4) is 0 Å². The average molecular weight is 296 g/mol. The molecule has 1 atom stereocenters. The van der Waals surface area contributed by atoms with Gasteiger partial charge >= 0.3 is 0 Å². The Morgan fingerprint density at radius 2 is 1.81 bits per heavy atom. The van der Waals surface area contributed by atoms with E-state index in [-0.39, 0.29) is 12.1 Å². The fourth-order valence-corrected chi connectivity index (χ4v) is 3.91. The predicted octanol–water partition coefficient (Wildman–Crippen LogP) is 3.31. The molecular formula is C18H36N2O. The number of nitrogens with one attached hydrogen (secondary N) is 1. The molecule has 0 amide bonds. The lowest BCUT2D eigenvalue weighted by Crippen LogP contribution is -2.49. The van der Waals surface area contributed by atoms with Gasteiger partial charge < -0.3 is 15.3 Å². The summed E-state index contributed by atoms with van der Waals surface area (Å²) in [7, 11) is 0. The second-order valence-electron chi connectivity index (χ2n) is 7.23. The Kier molecular flexibility index (Phi) is 6.97. The minimum absolute atomic E-state index is 0.0207. The Hall–Kier alpha value is -0.120. The van der Waals surface area contributed by atoms with Gasteiger partial charge in [0.25, 0.3) is 0 Å². The van der Waals surface area contributed by atoms with Crippen LogP contribution in [0.4, 0.5) is 0 Å². The Labute approximate surface area is 131 Å². The molecule has 0 radical (unpaired) electrons. The predicted molar refractivity (Wildman–Crippen MR) is 89.6 cm³/mol. The molecule has 0 aliphatic heterocycles. The van der Waals surface area contributed by atoms with Crippen LogP contribution in [0.2, 0.25) is 0 Å². The standard InChI is InChI=1S/C18H36N2O/c1-3-18(15-21,19-16-11-12-16)13-8-14-20(4-2)17-9-6-5-7-10-17/h16-17,19,21H,3-15H2,1-2H3. The lowest BCUT2D eigenvalue weighted by atomic mass is 9.90. The Bertz CT molecular complexity index is 281. The summed E-state index contributed by atoms with van der Waals surface area (Å²) in [4.78, 5) is 2.69. The zero-order valence-electron chi connectivity index (χ0n) is 14.2. The monoisotopic (exact) mass is 296 g/mol. The molecule has 2 fully saturated rings. The van der Waals surface area contributed by atoms with Crippen molar-refractivity contribution in [2.24, 2.45) is 0 Å². The van der Waals surface area contributed by atoms with Gasteiger partial charge in [-0.3, -0.25) is 0 Å². The summed E-state index contributed by atoms with van der Waals surface area (Å²) in [6.45, 7) is 7.18. The van der Waals surface area contributed by atoms with Crippen molar-refractivity contribution in [3.63, 3.8) is 0 Å². The first kappa shape index (κ1) is 17.2. The van der Waals surface area contributed by atoms with E-state index in [0.29, 0.717) is 6.04 Å². The highest BCUT2D eigenvalue weighted by Crippen LogP contribution is 2.28. The van der Waals surface area contributed by atoms with Crippen molar-refractivity contribution in [1.82, 2.24) is 10.2 Å². The Morgan fingerprint density at radius 1 is 1.10 bits per heavy atom. The van der Waals surface area contributed by atoms with E-state index in [4.69, 9.17) is 0 Å². The second kappa shape index (κ2) is 8.50. The summed E-state index contributed by atoms with van der Waals surface area (Å²) in [5.74, 6) is 0. The smallest absolute Gasteiger partial charge is 0.0613 e. The summed E-state index contributed by atoms with van der Waals surface area (Å²) in [5.41, 5.74) is -0.0207. The molecule has 0 aromatic heterocycles. The van der Waals surface area contributed by atoms with Crippen molar-refractivity contribution in [3.05, 3.63) is 0 Å². The third-order valence-electron chi connectivity index (χ3n) is 5.67. The van der Waals surface area contributed by atoms with Crippen LogP contribution in [0.25, 0.3) is 0 Å². The Morgan fingerprint density at radius 3 is 2.33 bits per heavy atom. The molecule has 124 valence electrons. The molecule has 0 spiro atoms. The van der Waals surface area contributed by atoms with E-state index < -0.39 is 0 Å². The summed E-state index contributed by atoms with van der Waals surface area (Å²) in [6, 6.07) is 1.50. The summed E-state index contributed by atoms with van der Waals surface area (Å²) in [5, 5.41) is 13.6. The van der Waals surface area contributed by atoms with Gasteiger partial charge in [0.05, 0.1) is 6.61 Å². The van der Waals surface area contributed by atoms with Crippen LogP contribution in [0.1, 0.15) is 78.1 Å². The van der Waals surface area contributed by atoms with Crippen molar-refractivity contribution >= 4 is 0 Å². The van der Waals surface area contributed by atoms with Gasteiger partial charge in [-0.05, 0) is 58.0 Å². The highest BCUT2D eigenvalue weighted by molar-refractivity contribution is 4.94. The van der Waals surface area contributed by atoms with E-state index >= 15 is 0 Å². The van der Waals surface area contributed by atoms with Gasteiger partial charge in [0.1, 0.15) is 0 Å². The van der Waals surface area contributed by atoms with Crippen molar-refractivity contribution < 1.29 is 5.11 Å². The van der Waals surface area contributed by atoms with Crippen LogP contribution in [0.15, 0.2) is 0 Å². The van der Waals surface area contributed by atoms with Crippen molar-refractivity contribution in [3.8, 4) is 0 Å². The molecule has 1 unspecified atom stereocenters. The van der Waals surface area contributed by atoms with Crippen molar-refractivity contribution in [2.75, 3.05) is 19.7 Å². The van der Waals surface area contributed by atoms with E-state index in [9.17, 15) is 5.11 Å². The van der Waals surface area contributed by atoms with Gasteiger partial charge in [0.15, 0.2) is 0 Å². The summed E-state index contributed by atoms with van der Waals surface area (Å²) < 4.78 is 0. The van der Waals surface area contributed by atoms with E-state index in [2.05, 4.69) is 24.1 Å². The van der Waals surface area contributed by atoms with Crippen molar-refractivity contribution in [1.29, 1.82) is 0 Å². The van der Waals surface area contributed by atoms with Crippen LogP contribution < -0.4 is 5.32 Å². The number of nitrogens with zero attached hydrogens (tertiary/aromatic N) is 1. The van der Waals surface area contributed by atoms with E-state index in [1.54, 1.807) is 0 Å². The third-order valence-corrected chi connectivity index (χ3v) is 5.67. The first-order chi connectivity index (χ1) is 10.2. The van der Waals surface area contributed by atoms with Gasteiger partial charge in [0.2, 0.25) is 0 Å². The lowest BCUT2D eigenvalue weighted by molar-refractivity contribution is 0.123. The molecule has 2 N–H and O–H groups in total. The molecule has 2 saturated carbocycles. The third kappa shape index (κ3) is 5.22. The molecule has 3 nitrogen and oxygen atoms in total. The zero-order valence-corrected chi connectivity index (χ0v) is 14.2. The summed E-state index contributed by atoms with van der Waals surface area (Å²) >= 11 is 0. The van der Waals surface area contributed by atoms with E-state index in [1.807, 2.05) is 0 Å². The van der Waals surface area contributed by atoms with Gasteiger partial charge in [-0.1, -0.05) is 33.1 Å². The topological polar surface area (TPSA) is 35.5 Å². The minimum Gasteiger partial charge on any atom is -0.394 e. The van der Waals surface area contributed by atoms with Crippen LogP contribution in [-0.4, -0.2) is 47.3 Å². The average Bonchev–Trinajstić information content (AvgIpc) is 3.35. The van der Waals surface area contributed by atoms with Crippen LogP contribution in [0.5, 0.6) is 0 Å². The van der Waals surface area contributed by atoms with Crippen molar-refractivity contribution in [2.45, 2.75) is 95.7 Å². The number of rotatable bonds is 10. The fraction of sp³-hybridized carbons (Fsp3) is 1.00. The maximum absolute atomic E-state index is 9.85. The number of aliphatic hydroxyl groups is 1. The molecule has 2 rings (SSSR count). The second-order valence-corrected chi connectivity index (χ2v) is 7.23. The van der Waals surface area contributed by atoms with Gasteiger partial charge in [-0.25, -0.2) is 0 Å². The van der Waals surface area contributed by atoms with Gasteiger partial charge in [-0.2, -0.15) is 0 Å². The zero-order chi connectivity index (χ0) is 15.1. The van der Waals surface area contributed by atoms with Crippen LogP contribution >= 0.6 is 0 Å². The number of aliphatic hydroxyl groups excluding tert-OH is 1. The molecule has 0 aromatic rings. The molecule has 2 aliphatic carbocycles. The molecule has 0 heterocycles. The largest absolute Gasteiger partial charge is 0.394 e. The minimum atomic E-state index is -0.0207. The summed E-state index contributed by atoms with van der Waals surface area (Å²) in [6.07, 6.45) is 13.0. The molecular weight excluding hydrogens is 260 g/mol. The van der Waals surface area contributed by atoms with Crippen LogP contribution in [0, 0.1) is 0 Å². The normalized spacial score (nSPS) is 23.4. The Balaban J connectivity index is 1.76. The SMILES string of the molecule is CCN(CCCC(CC)(CO)NC1CC1)C1CCCCC1. The molecule has 0 bridgehead atoms. The highest BCUT2D eigenvalue weighted by atomic mass is 16.3. The number of hydrogen-bond donors (Lipinski definition) is 2. The fourth-order valence-electron chi connectivity index (χ4n) is 3.91. The maximum atomic E-state index is 9.85. The molecule has 2 aliphatic rings. The van der Waals surface area contributed by atoms with Crippen LogP contribution in [-0.2, 0) is 0 Å². The first-order valence-electron chi connectivity index (χ1n) is 9.35. The van der Waals surface area contributed by atoms with Gasteiger partial charge in [0, 0.05) is 17.6 Å². The maximum Gasteiger partial charge on any atom is 0.0613 e. The quantitative estimate of drug-likeness (QED) is 0.649. The number of hydrogen-bond acceptors (Lipinski definition) is 3. The van der Waals surface area contributed by atoms with E-state index in [1.165, 1.54) is 64.5 Å². The molecule has 21 heavy (non-hydrogen) atoms. The van der Waals surface area contributed by atoms with E-state index in [0.717, 1.165) is 18.9 Å². The molecule has 0 saturated heterocycles.